The molecule has 1 N–H and O–H groups in total. The van der Waals surface area contributed by atoms with E-state index >= 15 is 0 Å². The summed E-state index contributed by atoms with van der Waals surface area (Å²) in [6.45, 7) is 5.75. The van der Waals surface area contributed by atoms with Gasteiger partial charge in [0, 0.05) is 26.0 Å². The van der Waals surface area contributed by atoms with Crippen LogP contribution in [0.5, 0.6) is 0 Å². The Morgan fingerprint density at radius 1 is 1.53 bits per heavy atom. The predicted octanol–water partition coefficient (Wildman–Crippen LogP) is 0.799. The van der Waals surface area contributed by atoms with Gasteiger partial charge in [0.1, 0.15) is 0 Å². The van der Waals surface area contributed by atoms with Crippen molar-refractivity contribution in [3.05, 3.63) is 11.7 Å². The molecule has 1 heterocycles. The second-order valence-corrected chi connectivity index (χ2v) is 3.51. The van der Waals surface area contributed by atoms with Crippen LogP contribution in [0.1, 0.15) is 25.6 Å². The van der Waals surface area contributed by atoms with Gasteiger partial charge in [0.05, 0.1) is 6.61 Å². The van der Waals surface area contributed by atoms with Crippen molar-refractivity contribution in [2.24, 2.45) is 0 Å². The third-order valence-electron chi connectivity index (χ3n) is 2.07. The van der Waals surface area contributed by atoms with Gasteiger partial charge in [-0.3, -0.25) is 0 Å². The van der Waals surface area contributed by atoms with E-state index in [2.05, 4.69) is 29.3 Å². The van der Waals surface area contributed by atoms with E-state index in [-0.39, 0.29) is 0 Å². The number of aromatic nitrogens is 2. The SMILES string of the molecule is CCNC(C)Cc1nc(CCOC)no1. The number of hydrogen-bond donors (Lipinski definition) is 1. The summed E-state index contributed by atoms with van der Waals surface area (Å²) in [6, 6.07) is 0.366. The Kier molecular flexibility index (Phi) is 5.28. The molecule has 0 aromatic carbocycles. The topological polar surface area (TPSA) is 60.2 Å². The number of hydrogen-bond acceptors (Lipinski definition) is 5. The van der Waals surface area contributed by atoms with Gasteiger partial charge in [0.2, 0.25) is 5.89 Å². The highest BCUT2D eigenvalue weighted by atomic mass is 16.5. The van der Waals surface area contributed by atoms with Crippen molar-refractivity contribution in [2.45, 2.75) is 32.7 Å². The summed E-state index contributed by atoms with van der Waals surface area (Å²) in [5, 5.41) is 7.17. The lowest BCUT2D eigenvalue weighted by atomic mass is 10.2. The predicted molar refractivity (Wildman–Crippen MR) is 56.7 cm³/mol. The molecule has 15 heavy (non-hydrogen) atoms. The van der Waals surface area contributed by atoms with Gasteiger partial charge in [-0.25, -0.2) is 0 Å². The molecule has 1 aromatic heterocycles. The minimum atomic E-state index is 0.366. The fraction of sp³-hybridized carbons (Fsp3) is 0.800. The van der Waals surface area contributed by atoms with E-state index < -0.39 is 0 Å². The van der Waals surface area contributed by atoms with Crippen molar-refractivity contribution in [3.63, 3.8) is 0 Å². The Morgan fingerprint density at radius 3 is 3.00 bits per heavy atom. The molecule has 0 aliphatic rings. The summed E-state index contributed by atoms with van der Waals surface area (Å²) in [4.78, 5) is 4.27. The molecule has 0 saturated heterocycles. The zero-order valence-electron chi connectivity index (χ0n) is 9.62. The molecule has 0 aliphatic carbocycles. The van der Waals surface area contributed by atoms with E-state index in [4.69, 9.17) is 9.26 Å². The minimum Gasteiger partial charge on any atom is -0.384 e. The van der Waals surface area contributed by atoms with E-state index in [0.29, 0.717) is 25.0 Å². The van der Waals surface area contributed by atoms with Crippen LogP contribution in [0.25, 0.3) is 0 Å². The molecule has 1 aromatic rings. The molecule has 0 bridgehead atoms. The van der Waals surface area contributed by atoms with Gasteiger partial charge in [0.15, 0.2) is 5.82 Å². The van der Waals surface area contributed by atoms with E-state index in [1.807, 2.05) is 0 Å². The number of rotatable bonds is 7. The lowest BCUT2D eigenvalue weighted by molar-refractivity contribution is 0.199. The monoisotopic (exact) mass is 213 g/mol. The maximum Gasteiger partial charge on any atom is 0.228 e. The third kappa shape index (κ3) is 4.40. The number of methoxy groups -OCH3 is 1. The first kappa shape index (κ1) is 12.1. The van der Waals surface area contributed by atoms with Crippen LogP contribution in [-0.2, 0) is 17.6 Å². The molecule has 0 spiro atoms. The van der Waals surface area contributed by atoms with E-state index in [1.165, 1.54) is 0 Å². The molecule has 0 fully saturated rings. The molecule has 0 radical (unpaired) electrons. The number of nitrogens with one attached hydrogen (secondary N) is 1. The molecule has 1 rings (SSSR count). The van der Waals surface area contributed by atoms with Crippen LogP contribution in [0.15, 0.2) is 4.52 Å². The zero-order chi connectivity index (χ0) is 11.1. The molecule has 1 atom stereocenters. The Balaban J connectivity index is 2.38. The highest BCUT2D eigenvalue weighted by Gasteiger charge is 2.09. The lowest BCUT2D eigenvalue weighted by Crippen LogP contribution is -2.27. The van der Waals surface area contributed by atoms with Gasteiger partial charge in [-0.2, -0.15) is 4.98 Å². The first-order valence-corrected chi connectivity index (χ1v) is 5.30. The van der Waals surface area contributed by atoms with E-state index in [0.717, 1.165) is 18.8 Å². The van der Waals surface area contributed by atoms with Gasteiger partial charge in [0.25, 0.3) is 0 Å². The zero-order valence-corrected chi connectivity index (χ0v) is 9.62. The van der Waals surface area contributed by atoms with Gasteiger partial charge < -0.3 is 14.6 Å². The quantitative estimate of drug-likeness (QED) is 0.726. The molecule has 0 saturated carbocycles. The Morgan fingerprint density at radius 2 is 2.33 bits per heavy atom. The Bertz CT molecular complexity index is 275. The summed E-state index contributed by atoms with van der Waals surface area (Å²) < 4.78 is 10.1. The van der Waals surface area contributed by atoms with Crippen LogP contribution < -0.4 is 5.32 Å². The number of nitrogens with zero attached hydrogens (tertiary/aromatic N) is 2. The van der Waals surface area contributed by atoms with Gasteiger partial charge in [-0.05, 0) is 13.5 Å². The largest absolute Gasteiger partial charge is 0.384 e. The van der Waals surface area contributed by atoms with Crippen molar-refractivity contribution in [3.8, 4) is 0 Å². The standard InChI is InChI=1S/C10H19N3O2/c1-4-11-8(2)7-10-12-9(13-15-10)5-6-14-3/h8,11H,4-7H2,1-3H3. The van der Waals surface area contributed by atoms with Crippen LogP contribution in [-0.4, -0.2) is 36.4 Å². The highest BCUT2D eigenvalue weighted by Crippen LogP contribution is 2.02. The van der Waals surface area contributed by atoms with E-state index in [9.17, 15) is 0 Å². The molecule has 1 unspecified atom stereocenters. The molecular weight excluding hydrogens is 194 g/mol. The Labute approximate surface area is 90.2 Å². The highest BCUT2D eigenvalue weighted by molar-refractivity contribution is 4.88. The molecule has 0 amide bonds. The molecule has 0 aliphatic heterocycles. The summed E-state index contributed by atoms with van der Waals surface area (Å²) >= 11 is 0. The molecule has 86 valence electrons. The lowest BCUT2D eigenvalue weighted by Gasteiger charge is -2.07. The smallest absolute Gasteiger partial charge is 0.228 e. The Hall–Kier alpha value is -0.940. The molecule has 5 heteroatoms. The van der Waals surface area contributed by atoms with Crippen LogP contribution >= 0.6 is 0 Å². The van der Waals surface area contributed by atoms with Crippen LogP contribution in [0.4, 0.5) is 0 Å². The van der Waals surface area contributed by atoms with Crippen LogP contribution in [0.3, 0.4) is 0 Å². The maximum atomic E-state index is 5.12. The summed E-state index contributed by atoms with van der Waals surface area (Å²) in [5.74, 6) is 1.41. The summed E-state index contributed by atoms with van der Waals surface area (Å²) in [7, 11) is 1.66. The summed E-state index contributed by atoms with van der Waals surface area (Å²) in [6.07, 6.45) is 1.48. The van der Waals surface area contributed by atoms with Crippen molar-refractivity contribution in [2.75, 3.05) is 20.3 Å². The average molecular weight is 213 g/mol. The summed E-state index contributed by atoms with van der Waals surface area (Å²) in [5.41, 5.74) is 0. The molecular formula is C10H19N3O2. The fourth-order valence-corrected chi connectivity index (χ4v) is 1.35. The van der Waals surface area contributed by atoms with Crippen molar-refractivity contribution in [1.29, 1.82) is 0 Å². The maximum absolute atomic E-state index is 5.12. The average Bonchev–Trinajstić information content (AvgIpc) is 2.63. The van der Waals surface area contributed by atoms with Gasteiger partial charge in [-0.1, -0.05) is 12.1 Å². The number of ether oxygens (including phenoxy) is 1. The number of likely N-dealkylation sites (N-methyl/N-ethyl adjacent to an activating group) is 1. The van der Waals surface area contributed by atoms with Crippen LogP contribution in [0, 0.1) is 0 Å². The van der Waals surface area contributed by atoms with Gasteiger partial charge in [-0.15, -0.1) is 0 Å². The minimum absolute atomic E-state index is 0.366. The van der Waals surface area contributed by atoms with Crippen molar-refractivity contribution < 1.29 is 9.26 Å². The van der Waals surface area contributed by atoms with Crippen molar-refractivity contribution in [1.82, 2.24) is 15.5 Å². The molecule has 5 nitrogen and oxygen atoms in total. The fourth-order valence-electron chi connectivity index (χ4n) is 1.35. The normalized spacial score (nSPS) is 13.0. The second-order valence-electron chi connectivity index (χ2n) is 3.51. The first-order chi connectivity index (χ1) is 7.26. The van der Waals surface area contributed by atoms with Crippen LogP contribution in [0.2, 0.25) is 0 Å². The van der Waals surface area contributed by atoms with E-state index in [1.54, 1.807) is 7.11 Å². The first-order valence-electron chi connectivity index (χ1n) is 5.30. The van der Waals surface area contributed by atoms with Gasteiger partial charge >= 0.3 is 0 Å². The third-order valence-corrected chi connectivity index (χ3v) is 2.07. The van der Waals surface area contributed by atoms with Crippen molar-refractivity contribution >= 4 is 0 Å². The second kappa shape index (κ2) is 6.53.